The molecule has 0 saturated carbocycles. The standard InChI is InChI=1S/C18H22N4O3/c1-19-17(23)10-15-12-21(11-14-7-8-20-22(14)15)18(24)9-13-3-5-16(25-2)6-4-13/h3-8,15H,9-12H2,1-2H3,(H,19,23)/t15-/m1/s1. The number of hydrogen-bond donors (Lipinski definition) is 1. The molecule has 0 fully saturated rings. The van der Waals surface area contributed by atoms with E-state index < -0.39 is 0 Å². The Balaban J connectivity index is 1.71. The number of amides is 2. The Bertz CT molecular complexity index is 754. The highest BCUT2D eigenvalue weighted by Crippen LogP contribution is 2.24. The molecule has 1 aliphatic heterocycles. The zero-order chi connectivity index (χ0) is 17.8. The molecule has 1 atom stereocenters. The van der Waals surface area contributed by atoms with Crippen LogP contribution >= 0.6 is 0 Å². The number of nitrogens with zero attached hydrogens (tertiary/aromatic N) is 3. The van der Waals surface area contributed by atoms with Gasteiger partial charge in [-0.15, -0.1) is 0 Å². The molecule has 25 heavy (non-hydrogen) atoms. The maximum Gasteiger partial charge on any atom is 0.227 e. The van der Waals surface area contributed by atoms with Crippen molar-refractivity contribution in [2.75, 3.05) is 20.7 Å². The van der Waals surface area contributed by atoms with Crippen molar-refractivity contribution in [1.82, 2.24) is 20.0 Å². The Morgan fingerprint density at radius 1 is 1.28 bits per heavy atom. The normalized spacial score (nSPS) is 16.2. The molecule has 1 aromatic carbocycles. The first-order chi connectivity index (χ1) is 12.1. The van der Waals surface area contributed by atoms with Crippen LogP contribution in [0.25, 0.3) is 0 Å². The van der Waals surface area contributed by atoms with Crippen LogP contribution in [0.1, 0.15) is 23.7 Å². The number of nitrogens with one attached hydrogen (secondary N) is 1. The summed E-state index contributed by atoms with van der Waals surface area (Å²) in [5.41, 5.74) is 1.89. The highest BCUT2D eigenvalue weighted by Gasteiger charge is 2.29. The molecule has 0 aliphatic carbocycles. The number of carbonyl (C=O) groups is 2. The summed E-state index contributed by atoms with van der Waals surface area (Å²) in [6.07, 6.45) is 2.34. The lowest BCUT2D eigenvalue weighted by Gasteiger charge is -2.33. The van der Waals surface area contributed by atoms with Gasteiger partial charge in [0.2, 0.25) is 11.8 Å². The first kappa shape index (κ1) is 17.0. The van der Waals surface area contributed by atoms with Crippen LogP contribution in [0.15, 0.2) is 36.5 Å². The Labute approximate surface area is 146 Å². The van der Waals surface area contributed by atoms with Crippen LogP contribution in [0.2, 0.25) is 0 Å². The van der Waals surface area contributed by atoms with Crippen LogP contribution in [0.3, 0.4) is 0 Å². The van der Waals surface area contributed by atoms with Crippen LogP contribution in [-0.2, 0) is 22.6 Å². The second kappa shape index (κ2) is 7.38. The minimum Gasteiger partial charge on any atom is -0.497 e. The Hall–Kier alpha value is -2.83. The molecule has 0 saturated heterocycles. The first-order valence-corrected chi connectivity index (χ1v) is 8.24. The van der Waals surface area contributed by atoms with Gasteiger partial charge in [0, 0.05) is 19.8 Å². The number of ether oxygens (including phenoxy) is 1. The predicted molar refractivity (Wildman–Crippen MR) is 92.1 cm³/mol. The Morgan fingerprint density at radius 3 is 2.72 bits per heavy atom. The number of benzene rings is 1. The predicted octanol–water partition coefficient (Wildman–Crippen LogP) is 1.15. The molecule has 1 aliphatic rings. The van der Waals surface area contributed by atoms with E-state index in [9.17, 15) is 9.59 Å². The number of aromatic nitrogens is 2. The molecule has 132 valence electrons. The second-order valence-corrected chi connectivity index (χ2v) is 6.10. The fourth-order valence-electron chi connectivity index (χ4n) is 3.07. The van der Waals surface area contributed by atoms with E-state index in [2.05, 4.69) is 10.4 Å². The summed E-state index contributed by atoms with van der Waals surface area (Å²) in [5, 5.41) is 6.94. The van der Waals surface area contributed by atoms with Crippen molar-refractivity contribution in [3.8, 4) is 5.75 Å². The molecule has 0 bridgehead atoms. The van der Waals surface area contributed by atoms with Gasteiger partial charge in [-0.2, -0.15) is 5.10 Å². The fraction of sp³-hybridized carbons (Fsp3) is 0.389. The second-order valence-electron chi connectivity index (χ2n) is 6.10. The SMILES string of the molecule is CNC(=O)C[C@@H]1CN(C(=O)Cc2ccc(OC)cc2)Cc2ccnn21. The quantitative estimate of drug-likeness (QED) is 0.884. The van der Waals surface area contributed by atoms with Crippen LogP contribution in [0, 0.1) is 0 Å². The van der Waals surface area contributed by atoms with E-state index >= 15 is 0 Å². The van der Waals surface area contributed by atoms with Crippen molar-refractivity contribution in [2.24, 2.45) is 0 Å². The number of hydrogen-bond acceptors (Lipinski definition) is 4. The first-order valence-electron chi connectivity index (χ1n) is 8.24. The maximum absolute atomic E-state index is 12.7. The lowest BCUT2D eigenvalue weighted by molar-refractivity contribution is -0.133. The summed E-state index contributed by atoms with van der Waals surface area (Å²) in [5.74, 6) is 0.749. The minimum absolute atomic E-state index is 0.0412. The van der Waals surface area contributed by atoms with Crippen molar-refractivity contribution < 1.29 is 14.3 Å². The third-order valence-corrected chi connectivity index (χ3v) is 4.45. The highest BCUT2D eigenvalue weighted by molar-refractivity contribution is 5.79. The summed E-state index contributed by atoms with van der Waals surface area (Å²) in [7, 11) is 3.23. The summed E-state index contributed by atoms with van der Waals surface area (Å²) < 4.78 is 6.99. The van der Waals surface area contributed by atoms with Crippen molar-refractivity contribution in [3.63, 3.8) is 0 Å². The van der Waals surface area contributed by atoms with Gasteiger partial charge in [0.15, 0.2) is 0 Å². The minimum atomic E-state index is -0.140. The van der Waals surface area contributed by atoms with E-state index in [0.29, 0.717) is 25.9 Å². The van der Waals surface area contributed by atoms with E-state index in [4.69, 9.17) is 4.74 Å². The smallest absolute Gasteiger partial charge is 0.227 e. The lowest BCUT2D eigenvalue weighted by Crippen LogP contribution is -2.43. The molecule has 7 heteroatoms. The van der Waals surface area contributed by atoms with Gasteiger partial charge < -0.3 is 15.0 Å². The molecule has 3 rings (SSSR count). The largest absolute Gasteiger partial charge is 0.497 e. The lowest BCUT2D eigenvalue weighted by atomic mass is 10.1. The van der Waals surface area contributed by atoms with Crippen LogP contribution < -0.4 is 10.1 Å². The average Bonchev–Trinajstić information content (AvgIpc) is 3.11. The Morgan fingerprint density at radius 2 is 2.04 bits per heavy atom. The summed E-state index contributed by atoms with van der Waals surface area (Å²) in [6, 6.07) is 9.24. The van der Waals surface area contributed by atoms with Gasteiger partial charge in [-0.05, 0) is 23.8 Å². The van der Waals surface area contributed by atoms with Gasteiger partial charge in [0.25, 0.3) is 0 Å². The molecule has 7 nitrogen and oxygen atoms in total. The van der Waals surface area contributed by atoms with Crippen molar-refractivity contribution in [1.29, 1.82) is 0 Å². The molecule has 0 spiro atoms. The van der Waals surface area contributed by atoms with E-state index in [-0.39, 0.29) is 17.9 Å². The molecule has 0 unspecified atom stereocenters. The average molecular weight is 342 g/mol. The summed E-state index contributed by atoms with van der Waals surface area (Å²) in [4.78, 5) is 26.3. The molecule has 0 radical (unpaired) electrons. The van der Waals surface area contributed by atoms with Gasteiger partial charge >= 0.3 is 0 Å². The number of carbonyl (C=O) groups excluding carboxylic acids is 2. The van der Waals surface area contributed by atoms with Crippen molar-refractivity contribution in [3.05, 3.63) is 47.8 Å². The van der Waals surface area contributed by atoms with Crippen molar-refractivity contribution >= 4 is 11.8 Å². The van der Waals surface area contributed by atoms with Crippen LogP contribution in [-0.4, -0.2) is 47.2 Å². The maximum atomic E-state index is 12.7. The van der Waals surface area contributed by atoms with Gasteiger partial charge in [0.1, 0.15) is 5.75 Å². The molecule has 1 aromatic heterocycles. The summed E-state index contributed by atoms with van der Waals surface area (Å²) >= 11 is 0. The molecule has 2 aromatic rings. The van der Waals surface area contributed by atoms with E-state index in [0.717, 1.165) is 17.0 Å². The van der Waals surface area contributed by atoms with Crippen molar-refractivity contribution in [2.45, 2.75) is 25.4 Å². The third-order valence-electron chi connectivity index (χ3n) is 4.45. The van der Waals surface area contributed by atoms with Gasteiger partial charge in [-0.3, -0.25) is 14.3 Å². The Kier molecular flexibility index (Phi) is 5.02. The number of rotatable bonds is 5. The number of methoxy groups -OCH3 is 1. The fourth-order valence-corrected chi connectivity index (χ4v) is 3.07. The zero-order valence-electron chi connectivity index (χ0n) is 14.4. The highest BCUT2D eigenvalue weighted by atomic mass is 16.5. The molecule has 2 amide bonds. The van der Waals surface area contributed by atoms with Crippen LogP contribution in [0.5, 0.6) is 5.75 Å². The van der Waals surface area contributed by atoms with Crippen LogP contribution in [0.4, 0.5) is 0 Å². The third kappa shape index (κ3) is 3.81. The molecule has 1 N–H and O–H groups in total. The molecule has 2 heterocycles. The van der Waals surface area contributed by atoms with Gasteiger partial charge in [0.05, 0.1) is 38.2 Å². The number of fused-ring (bicyclic) bond motifs is 1. The molecular formula is C18H22N4O3. The van der Waals surface area contributed by atoms with E-state index in [1.54, 1.807) is 25.3 Å². The van der Waals surface area contributed by atoms with Gasteiger partial charge in [-0.1, -0.05) is 12.1 Å². The topological polar surface area (TPSA) is 76.5 Å². The van der Waals surface area contributed by atoms with Gasteiger partial charge in [-0.25, -0.2) is 0 Å². The van der Waals surface area contributed by atoms with E-state index in [1.807, 2.05) is 35.0 Å². The zero-order valence-corrected chi connectivity index (χ0v) is 14.4. The molecular weight excluding hydrogens is 320 g/mol. The monoisotopic (exact) mass is 342 g/mol. The van der Waals surface area contributed by atoms with E-state index in [1.165, 1.54) is 0 Å². The summed E-state index contributed by atoms with van der Waals surface area (Å²) in [6.45, 7) is 0.996.